The number of hydrogen-bond donors (Lipinski definition) is 5. The highest BCUT2D eigenvalue weighted by atomic mass is 16.6. The Balaban J connectivity index is 5.44. The number of ether oxygens (including phenoxy) is 1. The highest BCUT2D eigenvalue weighted by Crippen LogP contribution is 2.15. The minimum atomic E-state index is -1.13. The first-order chi connectivity index (χ1) is 15.7. The molecule has 0 aliphatic carbocycles. The standard InChI is InChI=1S/C25H49N3O6/c1-10-34-21(31)13-19(29)18(11-14(2)3)26-24(32)23(17(8)9)28-25(33)22(16(6)7)27-20(30)12-15(4)5/h14-19,21-23,29,31H,10-13H2,1-9H3,(H,26,32)(H,27,30)(H,28,33)/t18-,19-,21+,22-,23-/m0/s1. The van der Waals surface area contributed by atoms with E-state index >= 15 is 0 Å². The molecule has 0 spiro atoms. The third-order valence-corrected chi connectivity index (χ3v) is 5.43. The highest BCUT2D eigenvalue weighted by Gasteiger charge is 2.33. The summed E-state index contributed by atoms with van der Waals surface area (Å²) in [5.41, 5.74) is 0. The molecule has 0 heterocycles. The lowest BCUT2D eigenvalue weighted by Gasteiger charge is -2.31. The maximum Gasteiger partial charge on any atom is 0.243 e. The molecule has 9 heteroatoms. The number of carbonyl (C=O) groups is 3. The third kappa shape index (κ3) is 12.7. The first kappa shape index (κ1) is 32.3. The summed E-state index contributed by atoms with van der Waals surface area (Å²) in [7, 11) is 0. The Labute approximate surface area is 205 Å². The van der Waals surface area contributed by atoms with Crippen molar-refractivity contribution in [3.05, 3.63) is 0 Å². The van der Waals surface area contributed by atoms with Gasteiger partial charge in [0.25, 0.3) is 0 Å². The normalized spacial score (nSPS) is 16.3. The van der Waals surface area contributed by atoms with Gasteiger partial charge < -0.3 is 30.9 Å². The fourth-order valence-corrected chi connectivity index (χ4v) is 3.64. The number of aliphatic hydroxyl groups excluding tert-OH is 2. The van der Waals surface area contributed by atoms with Crippen molar-refractivity contribution in [2.75, 3.05) is 6.61 Å². The average Bonchev–Trinajstić information content (AvgIpc) is 2.68. The van der Waals surface area contributed by atoms with E-state index in [0.717, 1.165) is 0 Å². The van der Waals surface area contributed by atoms with Crippen LogP contribution in [-0.2, 0) is 19.1 Å². The SMILES string of the molecule is CCO[C@@H](O)C[C@H](O)[C@H](CC(C)C)NC(=O)[C@@H](NC(=O)[C@@H](NC(=O)CC(C)C)C(C)C)C(C)C. The largest absolute Gasteiger partial charge is 0.391 e. The van der Waals surface area contributed by atoms with E-state index in [4.69, 9.17) is 4.74 Å². The van der Waals surface area contributed by atoms with Crippen molar-refractivity contribution in [1.29, 1.82) is 0 Å². The molecule has 5 atom stereocenters. The number of carbonyl (C=O) groups excluding carboxylic acids is 3. The van der Waals surface area contributed by atoms with Gasteiger partial charge in [0.15, 0.2) is 6.29 Å². The van der Waals surface area contributed by atoms with Crippen molar-refractivity contribution >= 4 is 17.7 Å². The zero-order chi connectivity index (χ0) is 26.6. The van der Waals surface area contributed by atoms with E-state index in [9.17, 15) is 24.6 Å². The molecule has 0 saturated heterocycles. The highest BCUT2D eigenvalue weighted by molar-refractivity contribution is 5.92. The van der Waals surface area contributed by atoms with Gasteiger partial charge in [0, 0.05) is 19.4 Å². The van der Waals surface area contributed by atoms with Crippen LogP contribution >= 0.6 is 0 Å². The number of amides is 3. The second kappa shape index (κ2) is 16.1. The third-order valence-electron chi connectivity index (χ3n) is 5.43. The molecule has 0 aromatic carbocycles. The Morgan fingerprint density at radius 3 is 1.68 bits per heavy atom. The molecule has 0 fully saturated rings. The fourth-order valence-electron chi connectivity index (χ4n) is 3.64. The maximum atomic E-state index is 13.2. The molecule has 0 aliphatic heterocycles. The predicted octanol–water partition coefficient (Wildman–Crippen LogP) is 1.95. The molecular formula is C25H49N3O6. The van der Waals surface area contributed by atoms with Gasteiger partial charge in [0.2, 0.25) is 17.7 Å². The van der Waals surface area contributed by atoms with Crippen molar-refractivity contribution < 1.29 is 29.3 Å². The minimum absolute atomic E-state index is 0.0402. The summed E-state index contributed by atoms with van der Waals surface area (Å²) >= 11 is 0. The molecular weight excluding hydrogens is 438 g/mol. The van der Waals surface area contributed by atoms with E-state index < -0.39 is 42.3 Å². The Hall–Kier alpha value is -1.71. The molecule has 0 bridgehead atoms. The summed E-state index contributed by atoms with van der Waals surface area (Å²) < 4.78 is 5.11. The lowest BCUT2D eigenvalue weighted by Crippen LogP contribution is -2.59. The maximum absolute atomic E-state index is 13.2. The number of rotatable bonds is 16. The van der Waals surface area contributed by atoms with E-state index in [1.165, 1.54) is 0 Å². The van der Waals surface area contributed by atoms with Gasteiger partial charge in [0.05, 0.1) is 12.1 Å². The minimum Gasteiger partial charge on any atom is -0.391 e. The monoisotopic (exact) mass is 487 g/mol. The van der Waals surface area contributed by atoms with Crippen molar-refractivity contribution in [3.63, 3.8) is 0 Å². The number of nitrogens with one attached hydrogen (secondary N) is 3. The van der Waals surface area contributed by atoms with Crippen molar-refractivity contribution in [2.24, 2.45) is 23.7 Å². The van der Waals surface area contributed by atoms with Crippen LogP contribution in [0, 0.1) is 23.7 Å². The van der Waals surface area contributed by atoms with Gasteiger partial charge in [-0.15, -0.1) is 0 Å². The van der Waals surface area contributed by atoms with E-state index in [-0.39, 0.29) is 36.0 Å². The molecule has 0 aromatic rings. The van der Waals surface area contributed by atoms with Crippen molar-refractivity contribution in [2.45, 2.75) is 112 Å². The smallest absolute Gasteiger partial charge is 0.243 e. The summed E-state index contributed by atoms with van der Waals surface area (Å²) in [6.07, 6.45) is -1.39. The van der Waals surface area contributed by atoms with Crippen LogP contribution in [0.4, 0.5) is 0 Å². The molecule has 0 unspecified atom stereocenters. The molecule has 5 N–H and O–H groups in total. The lowest BCUT2D eigenvalue weighted by atomic mass is 9.95. The van der Waals surface area contributed by atoms with Gasteiger partial charge in [-0.2, -0.15) is 0 Å². The zero-order valence-corrected chi connectivity index (χ0v) is 22.6. The van der Waals surface area contributed by atoms with Crippen LogP contribution in [0.25, 0.3) is 0 Å². The quantitative estimate of drug-likeness (QED) is 0.211. The Morgan fingerprint density at radius 2 is 1.24 bits per heavy atom. The topological polar surface area (TPSA) is 137 Å². The first-order valence-electron chi connectivity index (χ1n) is 12.6. The van der Waals surface area contributed by atoms with Crippen LogP contribution in [0.2, 0.25) is 0 Å². The van der Waals surface area contributed by atoms with Crippen molar-refractivity contribution in [1.82, 2.24) is 16.0 Å². The molecule has 0 radical (unpaired) electrons. The molecule has 0 rings (SSSR count). The van der Waals surface area contributed by atoms with Gasteiger partial charge in [-0.3, -0.25) is 14.4 Å². The van der Waals surface area contributed by atoms with E-state index in [2.05, 4.69) is 16.0 Å². The average molecular weight is 488 g/mol. The van der Waals surface area contributed by atoms with Crippen LogP contribution in [0.1, 0.15) is 81.6 Å². The summed E-state index contributed by atoms with van der Waals surface area (Å²) in [5.74, 6) is -1.10. The van der Waals surface area contributed by atoms with Gasteiger partial charge in [-0.25, -0.2) is 0 Å². The molecule has 0 aliphatic rings. The molecule has 0 saturated carbocycles. The van der Waals surface area contributed by atoms with Crippen LogP contribution in [0.15, 0.2) is 0 Å². The van der Waals surface area contributed by atoms with E-state index in [1.807, 2.05) is 55.4 Å². The summed E-state index contributed by atoms with van der Waals surface area (Å²) in [4.78, 5) is 38.5. The molecule has 34 heavy (non-hydrogen) atoms. The Kier molecular flexibility index (Phi) is 15.2. The predicted molar refractivity (Wildman–Crippen MR) is 133 cm³/mol. The summed E-state index contributed by atoms with van der Waals surface area (Å²) in [6.45, 7) is 17.2. The van der Waals surface area contributed by atoms with Gasteiger partial charge in [-0.05, 0) is 37.0 Å². The molecule has 0 aromatic heterocycles. The van der Waals surface area contributed by atoms with Crippen molar-refractivity contribution in [3.8, 4) is 0 Å². The van der Waals surface area contributed by atoms with E-state index in [0.29, 0.717) is 19.4 Å². The second-order valence-corrected chi connectivity index (χ2v) is 10.6. The Morgan fingerprint density at radius 1 is 0.735 bits per heavy atom. The lowest BCUT2D eigenvalue weighted by molar-refractivity contribution is -0.135. The first-order valence-corrected chi connectivity index (χ1v) is 12.6. The molecule has 9 nitrogen and oxygen atoms in total. The number of hydrogen-bond acceptors (Lipinski definition) is 6. The second-order valence-electron chi connectivity index (χ2n) is 10.6. The summed E-state index contributed by atoms with van der Waals surface area (Å²) in [5, 5.41) is 29.0. The van der Waals surface area contributed by atoms with Crippen LogP contribution in [0.3, 0.4) is 0 Å². The van der Waals surface area contributed by atoms with Crippen LogP contribution < -0.4 is 16.0 Å². The van der Waals surface area contributed by atoms with Gasteiger partial charge in [0.1, 0.15) is 12.1 Å². The summed E-state index contributed by atoms with van der Waals surface area (Å²) in [6, 6.07) is -2.24. The molecule has 3 amide bonds. The zero-order valence-electron chi connectivity index (χ0n) is 22.6. The van der Waals surface area contributed by atoms with Gasteiger partial charge >= 0.3 is 0 Å². The number of aliphatic hydroxyl groups is 2. The van der Waals surface area contributed by atoms with Crippen LogP contribution in [0.5, 0.6) is 0 Å². The fraction of sp³-hybridized carbons (Fsp3) is 0.880. The van der Waals surface area contributed by atoms with Gasteiger partial charge in [-0.1, -0.05) is 55.4 Å². The Bertz CT molecular complexity index is 624. The molecule has 200 valence electrons. The van der Waals surface area contributed by atoms with Crippen LogP contribution in [-0.4, -0.2) is 65.1 Å². The van der Waals surface area contributed by atoms with E-state index in [1.54, 1.807) is 6.92 Å².